The quantitative estimate of drug-likeness (QED) is 0.653. The van der Waals surface area contributed by atoms with Crippen molar-refractivity contribution in [2.45, 2.75) is 20.3 Å². The minimum absolute atomic E-state index is 0.205. The highest BCUT2D eigenvalue weighted by Crippen LogP contribution is 2.20. The molecule has 2 unspecified atom stereocenters. The Morgan fingerprint density at radius 1 is 1.53 bits per heavy atom. The largest absolute Gasteiger partial charge is 0.338 e. The number of carbonyl (C=O) groups excluding carboxylic acids is 1. The van der Waals surface area contributed by atoms with Gasteiger partial charge in [-0.25, -0.2) is 0 Å². The Bertz CT molecular complexity index is 285. The first-order valence-corrected chi connectivity index (χ1v) is 5.83. The maximum absolute atomic E-state index is 12.2. The van der Waals surface area contributed by atoms with Gasteiger partial charge in [-0.15, -0.1) is 0 Å². The van der Waals surface area contributed by atoms with Crippen LogP contribution in [0.15, 0.2) is 11.6 Å². The van der Waals surface area contributed by atoms with Crippen LogP contribution in [0.2, 0.25) is 0 Å². The Hall–Kier alpha value is -0.830. The lowest BCUT2D eigenvalue weighted by molar-refractivity contribution is -0.135. The molecule has 2 heterocycles. The molecule has 15 heavy (non-hydrogen) atoms. The second kappa shape index (κ2) is 4.35. The van der Waals surface area contributed by atoms with Crippen LogP contribution in [-0.4, -0.2) is 37.0 Å². The van der Waals surface area contributed by atoms with E-state index in [4.69, 9.17) is 0 Å². The summed E-state index contributed by atoms with van der Waals surface area (Å²) in [6.07, 6.45) is 3.26. The molecule has 3 nitrogen and oxygen atoms in total. The van der Waals surface area contributed by atoms with Crippen LogP contribution in [0, 0.1) is 11.8 Å². The average Bonchev–Trinajstić information content (AvgIpc) is 2.63. The van der Waals surface area contributed by atoms with Crippen LogP contribution in [0.25, 0.3) is 0 Å². The lowest BCUT2D eigenvalue weighted by Crippen LogP contribution is -2.41. The summed E-state index contributed by atoms with van der Waals surface area (Å²) in [4.78, 5) is 14.2. The minimum atomic E-state index is 0.205. The monoisotopic (exact) mass is 208 g/mol. The Kier molecular flexibility index (Phi) is 3.10. The van der Waals surface area contributed by atoms with Gasteiger partial charge in [-0.2, -0.15) is 0 Å². The highest BCUT2D eigenvalue weighted by Gasteiger charge is 2.32. The van der Waals surface area contributed by atoms with Crippen LogP contribution in [0.1, 0.15) is 20.3 Å². The molecule has 0 aliphatic carbocycles. The van der Waals surface area contributed by atoms with Crippen molar-refractivity contribution in [3.05, 3.63) is 11.6 Å². The molecule has 1 N–H and O–H groups in total. The fourth-order valence-electron chi connectivity index (χ4n) is 2.47. The molecule has 1 fully saturated rings. The van der Waals surface area contributed by atoms with Gasteiger partial charge in [-0.05, 0) is 25.8 Å². The van der Waals surface area contributed by atoms with Crippen LogP contribution >= 0.6 is 0 Å². The number of hydrogen-bond donors (Lipinski definition) is 1. The summed E-state index contributed by atoms with van der Waals surface area (Å²) in [5.74, 6) is 1.04. The van der Waals surface area contributed by atoms with E-state index in [9.17, 15) is 4.79 Å². The van der Waals surface area contributed by atoms with Crippen LogP contribution < -0.4 is 5.32 Å². The first-order chi connectivity index (χ1) is 7.18. The molecule has 2 rings (SSSR count). The predicted molar refractivity (Wildman–Crippen MR) is 60.5 cm³/mol. The van der Waals surface area contributed by atoms with Crippen molar-refractivity contribution in [1.82, 2.24) is 10.2 Å². The van der Waals surface area contributed by atoms with Gasteiger partial charge in [0.15, 0.2) is 0 Å². The molecule has 2 aliphatic rings. The van der Waals surface area contributed by atoms with Gasteiger partial charge in [-0.3, -0.25) is 4.79 Å². The first kappa shape index (κ1) is 10.7. The van der Waals surface area contributed by atoms with Gasteiger partial charge in [0, 0.05) is 19.6 Å². The Labute approximate surface area is 91.5 Å². The smallest absolute Gasteiger partial charge is 0.227 e. The van der Waals surface area contributed by atoms with Crippen LogP contribution in [0.4, 0.5) is 0 Å². The van der Waals surface area contributed by atoms with Gasteiger partial charge in [0.1, 0.15) is 0 Å². The molecule has 2 aliphatic heterocycles. The van der Waals surface area contributed by atoms with E-state index >= 15 is 0 Å². The lowest BCUT2D eigenvalue weighted by atomic mass is 9.95. The van der Waals surface area contributed by atoms with E-state index in [1.165, 1.54) is 5.57 Å². The third-order valence-corrected chi connectivity index (χ3v) is 3.48. The van der Waals surface area contributed by atoms with Crippen LogP contribution in [0.5, 0.6) is 0 Å². The SMILES string of the molecule is CC1=CCCN(C(=O)C2CNCC2C)C1. The summed E-state index contributed by atoms with van der Waals surface area (Å²) in [5.41, 5.74) is 1.33. The van der Waals surface area contributed by atoms with E-state index in [-0.39, 0.29) is 5.92 Å². The van der Waals surface area contributed by atoms with E-state index in [1.54, 1.807) is 0 Å². The highest BCUT2D eigenvalue weighted by atomic mass is 16.2. The molecule has 84 valence electrons. The summed E-state index contributed by atoms with van der Waals surface area (Å²) in [7, 11) is 0. The number of amides is 1. The fourth-order valence-corrected chi connectivity index (χ4v) is 2.47. The Morgan fingerprint density at radius 2 is 2.33 bits per heavy atom. The van der Waals surface area contributed by atoms with Crippen molar-refractivity contribution in [1.29, 1.82) is 0 Å². The molecular weight excluding hydrogens is 188 g/mol. The van der Waals surface area contributed by atoms with Gasteiger partial charge >= 0.3 is 0 Å². The molecule has 2 atom stereocenters. The van der Waals surface area contributed by atoms with E-state index in [0.717, 1.165) is 32.6 Å². The first-order valence-electron chi connectivity index (χ1n) is 5.83. The average molecular weight is 208 g/mol. The normalized spacial score (nSPS) is 31.6. The number of rotatable bonds is 1. The third kappa shape index (κ3) is 2.23. The molecule has 1 saturated heterocycles. The maximum atomic E-state index is 12.2. The van der Waals surface area contributed by atoms with Gasteiger partial charge in [0.2, 0.25) is 5.91 Å². The zero-order valence-electron chi connectivity index (χ0n) is 9.62. The second-order valence-electron chi connectivity index (χ2n) is 4.84. The summed E-state index contributed by atoms with van der Waals surface area (Å²) < 4.78 is 0. The fraction of sp³-hybridized carbons (Fsp3) is 0.750. The van der Waals surface area contributed by atoms with Crippen molar-refractivity contribution in [3.8, 4) is 0 Å². The summed E-state index contributed by atoms with van der Waals surface area (Å²) in [6, 6.07) is 0. The molecule has 0 bridgehead atoms. The highest BCUT2D eigenvalue weighted by molar-refractivity contribution is 5.80. The van der Waals surface area contributed by atoms with Gasteiger partial charge in [0.05, 0.1) is 5.92 Å². The summed E-state index contributed by atoms with van der Waals surface area (Å²) in [6.45, 7) is 7.85. The molecule has 0 saturated carbocycles. The molecule has 0 radical (unpaired) electrons. The van der Waals surface area contributed by atoms with Crippen molar-refractivity contribution < 1.29 is 4.79 Å². The molecular formula is C12H20N2O. The minimum Gasteiger partial charge on any atom is -0.338 e. The van der Waals surface area contributed by atoms with Crippen molar-refractivity contribution in [3.63, 3.8) is 0 Å². The van der Waals surface area contributed by atoms with E-state index in [1.807, 2.05) is 4.90 Å². The number of nitrogens with one attached hydrogen (secondary N) is 1. The molecule has 0 aromatic carbocycles. The number of nitrogens with zero attached hydrogens (tertiary/aromatic N) is 1. The maximum Gasteiger partial charge on any atom is 0.227 e. The van der Waals surface area contributed by atoms with Gasteiger partial charge in [-0.1, -0.05) is 18.6 Å². The van der Waals surface area contributed by atoms with E-state index in [0.29, 0.717) is 11.8 Å². The predicted octanol–water partition coefficient (Wildman–Crippen LogP) is 1.02. The molecule has 0 aromatic heterocycles. The second-order valence-corrected chi connectivity index (χ2v) is 4.84. The molecule has 3 heteroatoms. The Morgan fingerprint density at radius 3 is 2.93 bits per heavy atom. The number of hydrogen-bond acceptors (Lipinski definition) is 2. The summed E-state index contributed by atoms with van der Waals surface area (Å²) >= 11 is 0. The zero-order valence-corrected chi connectivity index (χ0v) is 9.62. The van der Waals surface area contributed by atoms with Gasteiger partial charge in [0.25, 0.3) is 0 Å². The van der Waals surface area contributed by atoms with Gasteiger partial charge < -0.3 is 10.2 Å². The standard InChI is InChI=1S/C12H20N2O/c1-9-4-3-5-14(8-9)12(15)11-7-13-6-10(11)2/h4,10-11,13H,3,5-8H2,1-2H3. The molecule has 1 amide bonds. The lowest BCUT2D eigenvalue weighted by Gasteiger charge is -2.29. The summed E-state index contributed by atoms with van der Waals surface area (Å²) in [5, 5.41) is 3.29. The van der Waals surface area contributed by atoms with Crippen molar-refractivity contribution in [2.75, 3.05) is 26.2 Å². The van der Waals surface area contributed by atoms with E-state index < -0.39 is 0 Å². The number of carbonyl (C=O) groups is 1. The zero-order chi connectivity index (χ0) is 10.8. The molecule has 0 aromatic rings. The topological polar surface area (TPSA) is 32.3 Å². The van der Waals surface area contributed by atoms with Crippen molar-refractivity contribution >= 4 is 5.91 Å². The Balaban J connectivity index is 1.98. The van der Waals surface area contributed by atoms with Crippen LogP contribution in [-0.2, 0) is 4.79 Å². The van der Waals surface area contributed by atoms with E-state index in [2.05, 4.69) is 25.2 Å². The third-order valence-electron chi connectivity index (χ3n) is 3.48. The van der Waals surface area contributed by atoms with Crippen LogP contribution in [0.3, 0.4) is 0 Å². The molecule has 0 spiro atoms. The van der Waals surface area contributed by atoms with Crippen molar-refractivity contribution in [2.24, 2.45) is 11.8 Å².